The second-order valence-electron chi connectivity index (χ2n) is 9.24. The van der Waals surface area contributed by atoms with E-state index in [9.17, 15) is 17.6 Å². The standard InChI is InChI=1S/C25H32FN3O4S/c1-18-24(23(33-27-18)13-12-19-8-6-7-11-22(19)26)34(31,32)29-16-14-20(15-17-29)25(30)28(2)21-9-4-3-5-10-21/h6-8,11-13,20-21H,3-5,9-10,14-17H2,1-2H3/b13-12+. The van der Waals surface area contributed by atoms with Crippen molar-refractivity contribution in [3.63, 3.8) is 0 Å². The number of aryl methyl sites for hydroxylation is 1. The summed E-state index contributed by atoms with van der Waals surface area (Å²) in [5.41, 5.74) is 0.574. The highest BCUT2D eigenvalue weighted by Crippen LogP contribution is 2.31. The van der Waals surface area contributed by atoms with Gasteiger partial charge in [0.15, 0.2) is 10.7 Å². The Morgan fingerprint density at radius 3 is 2.47 bits per heavy atom. The summed E-state index contributed by atoms with van der Waals surface area (Å²) in [7, 11) is -1.99. The number of amides is 1. The molecule has 184 valence electrons. The minimum Gasteiger partial charge on any atom is -0.355 e. The number of aromatic nitrogens is 1. The molecule has 34 heavy (non-hydrogen) atoms. The normalized spacial score (nSPS) is 19.0. The highest BCUT2D eigenvalue weighted by molar-refractivity contribution is 7.89. The first kappa shape index (κ1) is 24.6. The summed E-state index contributed by atoms with van der Waals surface area (Å²) in [6.45, 7) is 2.10. The molecule has 2 aromatic rings. The monoisotopic (exact) mass is 489 g/mol. The first-order chi connectivity index (χ1) is 16.3. The highest BCUT2D eigenvalue weighted by atomic mass is 32.2. The van der Waals surface area contributed by atoms with Gasteiger partial charge in [-0.2, -0.15) is 4.31 Å². The zero-order valence-electron chi connectivity index (χ0n) is 19.7. The molecule has 1 aliphatic heterocycles. The molecule has 1 aromatic carbocycles. The third-order valence-corrected chi connectivity index (χ3v) is 9.08. The van der Waals surface area contributed by atoms with Gasteiger partial charge in [0.25, 0.3) is 0 Å². The number of benzene rings is 1. The molecule has 0 atom stereocenters. The number of rotatable bonds is 6. The highest BCUT2D eigenvalue weighted by Gasteiger charge is 2.37. The van der Waals surface area contributed by atoms with Gasteiger partial charge in [0.1, 0.15) is 11.5 Å². The third kappa shape index (κ3) is 5.10. The van der Waals surface area contributed by atoms with Crippen LogP contribution < -0.4 is 0 Å². The van der Waals surface area contributed by atoms with Crippen molar-refractivity contribution < 1.29 is 22.1 Å². The van der Waals surface area contributed by atoms with Crippen LogP contribution in [0.5, 0.6) is 0 Å². The van der Waals surface area contributed by atoms with E-state index in [4.69, 9.17) is 4.52 Å². The lowest BCUT2D eigenvalue weighted by Crippen LogP contribution is -2.46. The number of hydrogen-bond acceptors (Lipinski definition) is 5. The van der Waals surface area contributed by atoms with E-state index >= 15 is 0 Å². The fourth-order valence-electron chi connectivity index (χ4n) is 4.98. The van der Waals surface area contributed by atoms with Gasteiger partial charge in [-0.25, -0.2) is 12.8 Å². The lowest BCUT2D eigenvalue weighted by molar-refractivity contribution is -0.138. The molecule has 0 spiro atoms. The van der Waals surface area contributed by atoms with Crippen LogP contribution in [-0.2, 0) is 14.8 Å². The maximum absolute atomic E-state index is 13.9. The van der Waals surface area contributed by atoms with Crippen molar-refractivity contribution in [2.75, 3.05) is 20.1 Å². The van der Waals surface area contributed by atoms with Gasteiger partial charge in [0, 0.05) is 37.7 Å². The molecule has 2 fully saturated rings. The molecular weight excluding hydrogens is 457 g/mol. The molecule has 0 radical (unpaired) electrons. The second kappa shape index (κ2) is 10.4. The summed E-state index contributed by atoms with van der Waals surface area (Å²) < 4.78 is 47.5. The molecular formula is C25H32FN3O4S. The number of carbonyl (C=O) groups excluding carboxylic acids is 1. The van der Waals surface area contributed by atoms with E-state index in [1.165, 1.54) is 28.9 Å². The van der Waals surface area contributed by atoms with Crippen LogP contribution in [0.3, 0.4) is 0 Å². The number of halogens is 1. The van der Waals surface area contributed by atoms with Crippen molar-refractivity contribution in [1.82, 2.24) is 14.4 Å². The van der Waals surface area contributed by atoms with Gasteiger partial charge in [-0.05, 0) is 50.8 Å². The molecule has 1 saturated heterocycles. The lowest BCUT2D eigenvalue weighted by Gasteiger charge is -2.36. The van der Waals surface area contributed by atoms with E-state index in [-0.39, 0.29) is 41.3 Å². The van der Waals surface area contributed by atoms with Crippen LogP contribution in [0.4, 0.5) is 4.39 Å². The van der Waals surface area contributed by atoms with Gasteiger partial charge in [-0.3, -0.25) is 4.79 Å². The average Bonchev–Trinajstić information content (AvgIpc) is 3.24. The molecule has 0 unspecified atom stereocenters. The maximum atomic E-state index is 13.9. The third-order valence-electron chi connectivity index (χ3n) is 7.02. The molecule has 0 bridgehead atoms. The molecule has 0 N–H and O–H groups in total. The van der Waals surface area contributed by atoms with Crippen molar-refractivity contribution in [3.8, 4) is 0 Å². The first-order valence-electron chi connectivity index (χ1n) is 11.9. The Hall–Kier alpha value is -2.52. The number of piperidine rings is 1. The Labute approximate surface area is 200 Å². The van der Waals surface area contributed by atoms with Gasteiger partial charge in [0.05, 0.1) is 0 Å². The van der Waals surface area contributed by atoms with Crippen LogP contribution in [0.1, 0.15) is 62.0 Å². The summed E-state index contributed by atoms with van der Waals surface area (Å²) >= 11 is 0. The van der Waals surface area contributed by atoms with Crippen LogP contribution in [0, 0.1) is 18.7 Å². The molecule has 2 aliphatic rings. The zero-order valence-corrected chi connectivity index (χ0v) is 20.6. The van der Waals surface area contributed by atoms with E-state index in [0.29, 0.717) is 24.4 Å². The van der Waals surface area contributed by atoms with Crippen LogP contribution in [0.15, 0.2) is 33.7 Å². The molecule has 1 saturated carbocycles. The van der Waals surface area contributed by atoms with E-state index < -0.39 is 15.8 Å². The minimum absolute atomic E-state index is 0.0100. The topological polar surface area (TPSA) is 83.7 Å². The number of nitrogens with zero attached hydrogens (tertiary/aromatic N) is 3. The quantitative estimate of drug-likeness (QED) is 0.597. The summed E-state index contributed by atoms with van der Waals surface area (Å²) in [4.78, 5) is 14.9. The lowest BCUT2D eigenvalue weighted by atomic mass is 9.91. The van der Waals surface area contributed by atoms with Crippen molar-refractivity contribution in [1.29, 1.82) is 0 Å². The number of hydrogen-bond donors (Lipinski definition) is 0. The Morgan fingerprint density at radius 1 is 1.12 bits per heavy atom. The summed E-state index contributed by atoms with van der Waals surface area (Å²) in [5.74, 6) is -0.388. The molecule has 7 nitrogen and oxygen atoms in total. The smallest absolute Gasteiger partial charge is 0.248 e. The predicted octanol–water partition coefficient (Wildman–Crippen LogP) is 4.48. The fraction of sp³-hybridized carbons (Fsp3) is 0.520. The van der Waals surface area contributed by atoms with E-state index in [2.05, 4.69) is 5.16 Å². The molecule has 1 aromatic heterocycles. The van der Waals surface area contributed by atoms with Crippen molar-refractivity contribution in [3.05, 3.63) is 47.1 Å². The molecule has 9 heteroatoms. The predicted molar refractivity (Wildman–Crippen MR) is 128 cm³/mol. The van der Waals surface area contributed by atoms with Crippen LogP contribution >= 0.6 is 0 Å². The fourth-order valence-corrected chi connectivity index (χ4v) is 6.70. The van der Waals surface area contributed by atoms with Gasteiger partial charge < -0.3 is 9.42 Å². The van der Waals surface area contributed by atoms with Gasteiger partial charge in [-0.15, -0.1) is 0 Å². The van der Waals surface area contributed by atoms with E-state index in [0.717, 1.165) is 25.7 Å². The molecule has 4 rings (SSSR count). The minimum atomic E-state index is -3.88. The van der Waals surface area contributed by atoms with E-state index in [1.54, 1.807) is 25.1 Å². The zero-order chi connectivity index (χ0) is 24.3. The summed E-state index contributed by atoms with van der Waals surface area (Å²) in [6, 6.07) is 6.51. The first-order valence-corrected chi connectivity index (χ1v) is 13.4. The van der Waals surface area contributed by atoms with Gasteiger partial charge in [-0.1, -0.05) is 42.6 Å². The summed E-state index contributed by atoms with van der Waals surface area (Å²) in [6.07, 6.45) is 9.52. The maximum Gasteiger partial charge on any atom is 0.248 e. The van der Waals surface area contributed by atoms with Crippen LogP contribution in [0.2, 0.25) is 0 Å². The van der Waals surface area contributed by atoms with Crippen LogP contribution in [0.25, 0.3) is 12.2 Å². The Morgan fingerprint density at radius 2 is 1.79 bits per heavy atom. The van der Waals surface area contributed by atoms with Gasteiger partial charge >= 0.3 is 0 Å². The van der Waals surface area contributed by atoms with Crippen LogP contribution in [-0.4, -0.2) is 54.9 Å². The summed E-state index contributed by atoms with van der Waals surface area (Å²) in [5, 5.41) is 3.84. The van der Waals surface area contributed by atoms with Crippen molar-refractivity contribution >= 4 is 28.1 Å². The largest absolute Gasteiger partial charge is 0.355 e. The Balaban J connectivity index is 1.45. The number of sulfonamides is 1. The average molecular weight is 490 g/mol. The molecule has 2 heterocycles. The molecule has 1 aliphatic carbocycles. The van der Waals surface area contributed by atoms with E-state index in [1.807, 2.05) is 11.9 Å². The van der Waals surface area contributed by atoms with Crippen molar-refractivity contribution in [2.24, 2.45) is 5.92 Å². The Kier molecular flexibility index (Phi) is 7.52. The van der Waals surface area contributed by atoms with Gasteiger partial charge in [0.2, 0.25) is 15.9 Å². The second-order valence-corrected chi connectivity index (χ2v) is 11.1. The molecule has 1 amide bonds. The number of carbonyl (C=O) groups is 1. The van der Waals surface area contributed by atoms with Crippen molar-refractivity contribution in [2.45, 2.75) is 62.8 Å². The Bertz CT molecular complexity index is 1150. The SMILES string of the molecule is Cc1noc(/C=C/c2ccccc2F)c1S(=O)(=O)N1CCC(C(=O)N(C)C2CCCCC2)CC1.